The highest BCUT2D eigenvalue weighted by molar-refractivity contribution is 6.04. The number of hydrogen-bond donors (Lipinski definition) is 2. The number of nitrogens with zero attached hydrogens (tertiary/aromatic N) is 5. The lowest BCUT2D eigenvalue weighted by atomic mass is 9.93. The molecule has 1 aliphatic carbocycles. The van der Waals surface area contributed by atoms with Gasteiger partial charge in [0.1, 0.15) is 11.7 Å². The molecule has 4 rings (SSSR count). The monoisotopic (exact) mass is 430 g/mol. The number of aliphatic hydroxyl groups is 1. The molecule has 172 valence electrons. The summed E-state index contributed by atoms with van der Waals surface area (Å²) in [5, 5.41) is 12.5. The number of likely N-dealkylation sites (N-methyl/N-ethyl adjacent to an activating group) is 1. The molecule has 1 atom stereocenters. The Labute approximate surface area is 186 Å². The first kappa shape index (κ1) is 22.3. The minimum Gasteiger partial charge on any atom is -0.395 e. The predicted octanol–water partition coefficient (Wildman–Crippen LogP) is 2.49. The quantitative estimate of drug-likeness (QED) is 0.655. The fourth-order valence-corrected chi connectivity index (χ4v) is 5.50. The number of hydrogen-bond acceptors (Lipinski definition) is 7. The summed E-state index contributed by atoms with van der Waals surface area (Å²) in [7, 11) is 1.84. The molecule has 31 heavy (non-hydrogen) atoms. The van der Waals surface area contributed by atoms with Gasteiger partial charge in [-0.2, -0.15) is 4.98 Å². The number of carbonyl (C=O) groups is 1. The first-order valence-electron chi connectivity index (χ1n) is 12.1. The van der Waals surface area contributed by atoms with Crippen LogP contribution in [-0.2, 0) is 4.79 Å². The standard InChI is InChI=1S/C23H38N6O2/c1-3-19-22(31)27(2)20-16-25-23(26-21(20)29(19)18-6-4-5-7-18)24-11-8-17-9-12-28(13-10-17)14-15-30/h16-19,30H,3-15H2,1-2H3,(H,24,25,26). The zero-order valence-electron chi connectivity index (χ0n) is 19.1. The second kappa shape index (κ2) is 10.1. The Bertz CT molecular complexity index is 746. The second-order valence-corrected chi connectivity index (χ2v) is 9.29. The first-order chi connectivity index (χ1) is 15.1. The van der Waals surface area contributed by atoms with Crippen LogP contribution in [0.2, 0.25) is 0 Å². The van der Waals surface area contributed by atoms with Crippen molar-refractivity contribution in [3.63, 3.8) is 0 Å². The molecule has 1 saturated heterocycles. The van der Waals surface area contributed by atoms with Crippen molar-refractivity contribution in [3.05, 3.63) is 6.20 Å². The highest BCUT2D eigenvalue weighted by Crippen LogP contribution is 2.39. The minimum absolute atomic E-state index is 0.132. The number of nitrogens with one attached hydrogen (secondary N) is 1. The number of likely N-dealkylation sites (tertiary alicyclic amines) is 1. The number of fused-ring (bicyclic) bond motifs is 1. The van der Waals surface area contributed by atoms with Gasteiger partial charge < -0.3 is 25.1 Å². The van der Waals surface area contributed by atoms with E-state index in [1.165, 1.54) is 25.7 Å². The van der Waals surface area contributed by atoms with E-state index >= 15 is 0 Å². The van der Waals surface area contributed by atoms with E-state index in [9.17, 15) is 4.79 Å². The normalized spacial score (nSPS) is 23.5. The van der Waals surface area contributed by atoms with Crippen molar-refractivity contribution in [3.8, 4) is 0 Å². The molecule has 2 aliphatic heterocycles. The van der Waals surface area contributed by atoms with E-state index in [-0.39, 0.29) is 18.6 Å². The van der Waals surface area contributed by atoms with E-state index in [1.807, 2.05) is 13.2 Å². The molecule has 8 heteroatoms. The highest BCUT2D eigenvalue weighted by atomic mass is 16.3. The van der Waals surface area contributed by atoms with Crippen LogP contribution >= 0.6 is 0 Å². The lowest BCUT2D eigenvalue weighted by Crippen LogP contribution is -2.55. The molecule has 0 bridgehead atoms. The summed E-state index contributed by atoms with van der Waals surface area (Å²) >= 11 is 0. The lowest BCUT2D eigenvalue weighted by Gasteiger charge is -2.43. The predicted molar refractivity (Wildman–Crippen MR) is 124 cm³/mol. The number of piperidine rings is 1. The molecule has 1 aromatic heterocycles. The van der Waals surface area contributed by atoms with Crippen molar-refractivity contribution in [1.29, 1.82) is 0 Å². The van der Waals surface area contributed by atoms with Crippen molar-refractivity contribution in [2.75, 3.05) is 55.0 Å². The summed E-state index contributed by atoms with van der Waals surface area (Å²) in [5.74, 6) is 2.44. The van der Waals surface area contributed by atoms with Gasteiger partial charge in [0.25, 0.3) is 0 Å². The van der Waals surface area contributed by atoms with Gasteiger partial charge in [-0.1, -0.05) is 19.8 Å². The molecule has 2 N–H and O–H groups in total. The summed E-state index contributed by atoms with van der Waals surface area (Å²) in [6.45, 7) is 6.15. The van der Waals surface area contributed by atoms with Crippen molar-refractivity contribution in [2.45, 2.75) is 70.4 Å². The van der Waals surface area contributed by atoms with Crippen LogP contribution in [0.3, 0.4) is 0 Å². The third-order valence-corrected chi connectivity index (χ3v) is 7.37. The molecular formula is C23H38N6O2. The average Bonchev–Trinajstić information content (AvgIpc) is 3.32. The van der Waals surface area contributed by atoms with Crippen molar-refractivity contribution >= 4 is 23.4 Å². The fourth-order valence-electron chi connectivity index (χ4n) is 5.50. The van der Waals surface area contributed by atoms with Crippen molar-refractivity contribution < 1.29 is 9.90 Å². The maximum Gasteiger partial charge on any atom is 0.249 e. The number of anilines is 3. The second-order valence-electron chi connectivity index (χ2n) is 9.29. The maximum atomic E-state index is 13.0. The van der Waals surface area contributed by atoms with Crippen LogP contribution in [0.1, 0.15) is 58.3 Å². The van der Waals surface area contributed by atoms with Crippen LogP contribution in [0.15, 0.2) is 6.20 Å². The summed E-state index contributed by atoms with van der Waals surface area (Å²) in [5.41, 5.74) is 0.823. The molecule has 0 spiro atoms. The molecule has 8 nitrogen and oxygen atoms in total. The van der Waals surface area contributed by atoms with Gasteiger partial charge in [-0.3, -0.25) is 4.79 Å². The maximum absolute atomic E-state index is 13.0. The molecule has 3 aliphatic rings. The molecule has 3 heterocycles. The van der Waals surface area contributed by atoms with Gasteiger partial charge in [-0.25, -0.2) is 4.98 Å². The summed E-state index contributed by atoms with van der Waals surface area (Å²) in [6.07, 6.45) is 10.8. The van der Waals surface area contributed by atoms with Crippen LogP contribution < -0.4 is 15.1 Å². The summed E-state index contributed by atoms with van der Waals surface area (Å²) < 4.78 is 0. The Morgan fingerprint density at radius 3 is 2.61 bits per heavy atom. The number of rotatable bonds is 8. The van der Waals surface area contributed by atoms with Crippen LogP contribution in [-0.4, -0.2) is 77.8 Å². The molecule has 1 aromatic rings. The number of β-amino-alcohol motifs (C(OH)–C–C–N with tert-alkyl or cyclic N) is 1. The minimum atomic E-state index is -0.132. The largest absolute Gasteiger partial charge is 0.395 e. The van der Waals surface area contributed by atoms with E-state index < -0.39 is 0 Å². The molecule has 1 unspecified atom stereocenters. The Balaban J connectivity index is 1.42. The van der Waals surface area contributed by atoms with Gasteiger partial charge in [0.2, 0.25) is 11.9 Å². The molecule has 2 fully saturated rings. The topological polar surface area (TPSA) is 84.8 Å². The first-order valence-corrected chi connectivity index (χ1v) is 12.1. The fraction of sp³-hybridized carbons (Fsp3) is 0.783. The molecular weight excluding hydrogens is 392 g/mol. The number of aliphatic hydroxyl groups excluding tert-OH is 1. The van der Waals surface area contributed by atoms with Crippen molar-refractivity contribution in [2.24, 2.45) is 5.92 Å². The van der Waals surface area contributed by atoms with Gasteiger partial charge >= 0.3 is 0 Å². The molecule has 0 radical (unpaired) electrons. The zero-order chi connectivity index (χ0) is 21.8. The highest BCUT2D eigenvalue weighted by Gasteiger charge is 2.41. The molecule has 1 amide bonds. The van der Waals surface area contributed by atoms with Gasteiger partial charge in [-0.05, 0) is 57.5 Å². The number of carbonyl (C=O) groups excluding carboxylic acids is 1. The SMILES string of the molecule is CCC1C(=O)N(C)c2cnc(NCCC3CCN(CCO)CC3)nc2N1C1CCCC1. The van der Waals surface area contributed by atoms with E-state index in [0.717, 1.165) is 63.4 Å². The Morgan fingerprint density at radius 2 is 1.94 bits per heavy atom. The molecule has 0 aromatic carbocycles. The van der Waals surface area contributed by atoms with E-state index in [0.29, 0.717) is 17.9 Å². The van der Waals surface area contributed by atoms with Gasteiger partial charge in [-0.15, -0.1) is 0 Å². The van der Waals surface area contributed by atoms with E-state index in [4.69, 9.17) is 10.1 Å². The Morgan fingerprint density at radius 1 is 1.19 bits per heavy atom. The lowest BCUT2D eigenvalue weighted by molar-refractivity contribution is -0.120. The average molecular weight is 431 g/mol. The van der Waals surface area contributed by atoms with Crippen LogP contribution in [0.25, 0.3) is 0 Å². The van der Waals surface area contributed by atoms with Crippen LogP contribution in [0.5, 0.6) is 0 Å². The van der Waals surface area contributed by atoms with Gasteiger partial charge in [0.05, 0.1) is 12.8 Å². The molecule has 1 saturated carbocycles. The summed E-state index contributed by atoms with van der Waals surface area (Å²) in [6, 6.07) is 0.265. The van der Waals surface area contributed by atoms with Crippen LogP contribution in [0, 0.1) is 5.92 Å². The Hall–Kier alpha value is -1.93. The smallest absolute Gasteiger partial charge is 0.249 e. The van der Waals surface area contributed by atoms with E-state index in [1.54, 1.807) is 4.90 Å². The third-order valence-electron chi connectivity index (χ3n) is 7.37. The summed E-state index contributed by atoms with van der Waals surface area (Å²) in [4.78, 5) is 28.8. The number of aromatic nitrogens is 2. The third kappa shape index (κ3) is 4.80. The Kier molecular flexibility index (Phi) is 7.27. The zero-order valence-corrected chi connectivity index (χ0v) is 19.1. The van der Waals surface area contributed by atoms with Gasteiger partial charge in [0.15, 0.2) is 5.82 Å². The number of amides is 1. The van der Waals surface area contributed by atoms with Crippen LogP contribution in [0.4, 0.5) is 17.5 Å². The van der Waals surface area contributed by atoms with Gasteiger partial charge in [0, 0.05) is 26.2 Å². The van der Waals surface area contributed by atoms with Crippen molar-refractivity contribution in [1.82, 2.24) is 14.9 Å². The van der Waals surface area contributed by atoms with E-state index in [2.05, 4.69) is 27.0 Å².